The van der Waals surface area contributed by atoms with E-state index >= 15 is 0 Å². The number of nitrogens with zero attached hydrogens (tertiary/aromatic N) is 3. The summed E-state index contributed by atoms with van der Waals surface area (Å²) in [6.07, 6.45) is 4.20. The monoisotopic (exact) mass is 485 g/mol. The maximum absolute atomic E-state index is 4.61. The molecule has 0 spiro atoms. The lowest BCUT2D eigenvalue weighted by atomic mass is 10.2. The van der Waals surface area contributed by atoms with E-state index in [4.69, 9.17) is 0 Å². The molecule has 152 valence electrons. The van der Waals surface area contributed by atoms with E-state index in [9.17, 15) is 0 Å². The largest absolute Gasteiger partial charge is 0.357 e. The van der Waals surface area contributed by atoms with Crippen molar-refractivity contribution in [2.75, 3.05) is 52.4 Å². The summed E-state index contributed by atoms with van der Waals surface area (Å²) in [5.41, 5.74) is 1.42. The van der Waals surface area contributed by atoms with Crippen LogP contribution in [-0.2, 0) is 6.54 Å². The van der Waals surface area contributed by atoms with Gasteiger partial charge in [0, 0.05) is 52.4 Å². The van der Waals surface area contributed by atoms with Crippen LogP contribution in [0, 0.1) is 0 Å². The smallest absolute Gasteiger partial charge is 0.191 e. The van der Waals surface area contributed by atoms with Crippen molar-refractivity contribution in [2.24, 2.45) is 4.99 Å². The highest BCUT2D eigenvalue weighted by Gasteiger charge is 2.16. The highest BCUT2D eigenvalue weighted by molar-refractivity contribution is 14.0. The predicted molar refractivity (Wildman–Crippen MR) is 127 cm³/mol. The Kier molecular flexibility index (Phi) is 13.2. The molecule has 27 heavy (non-hydrogen) atoms. The summed E-state index contributed by atoms with van der Waals surface area (Å²) < 4.78 is 0. The lowest BCUT2D eigenvalue weighted by Gasteiger charge is -2.34. The standard InChI is InChI=1S/C21H35N5.HI/c1-3-12-23-21(22-4-2)24-13-8-9-14-25-15-17-26(18-16-25)19-20-10-6-5-7-11-20;/h3,5-7,10-11H,1,4,8-9,12-19H2,2H3,(H2,22,23,24);1H. The average Bonchev–Trinajstić information content (AvgIpc) is 2.68. The van der Waals surface area contributed by atoms with Crippen molar-refractivity contribution in [3.8, 4) is 0 Å². The summed E-state index contributed by atoms with van der Waals surface area (Å²) >= 11 is 0. The minimum Gasteiger partial charge on any atom is -0.357 e. The van der Waals surface area contributed by atoms with Gasteiger partial charge in [0.25, 0.3) is 0 Å². The molecule has 5 nitrogen and oxygen atoms in total. The molecule has 0 bridgehead atoms. The highest BCUT2D eigenvalue weighted by Crippen LogP contribution is 2.09. The Balaban J connectivity index is 0.00000364. The maximum Gasteiger partial charge on any atom is 0.191 e. The van der Waals surface area contributed by atoms with Gasteiger partial charge in [-0.05, 0) is 31.9 Å². The second kappa shape index (κ2) is 14.9. The number of hydrogen-bond acceptors (Lipinski definition) is 3. The quantitative estimate of drug-likeness (QED) is 0.176. The lowest BCUT2D eigenvalue weighted by molar-refractivity contribution is 0.126. The minimum absolute atomic E-state index is 0. The number of nitrogens with one attached hydrogen (secondary N) is 2. The molecular weight excluding hydrogens is 449 g/mol. The van der Waals surface area contributed by atoms with Gasteiger partial charge in [0.1, 0.15) is 0 Å². The van der Waals surface area contributed by atoms with E-state index in [1.807, 2.05) is 6.08 Å². The second-order valence-electron chi connectivity index (χ2n) is 6.74. The van der Waals surface area contributed by atoms with Crippen molar-refractivity contribution in [1.29, 1.82) is 0 Å². The predicted octanol–water partition coefficient (Wildman–Crippen LogP) is 2.94. The molecule has 0 unspecified atom stereocenters. The molecule has 1 heterocycles. The molecular formula is C21H36IN5. The molecule has 1 aliphatic heterocycles. The number of halogens is 1. The van der Waals surface area contributed by atoms with Crippen LogP contribution >= 0.6 is 24.0 Å². The van der Waals surface area contributed by atoms with Gasteiger partial charge in [0.15, 0.2) is 5.96 Å². The Morgan fingerprint density at radius 2 is 1.78 bits per heavy atom. The first kappa shape index (κ1) is 23.9. The van der Waals surface area contributed by atoms with Gasteiger partial charge in [0.05, 0.1) is 0 Å². The van der Waals surface area contributed by atoms with E-state index < -0.39 is 0 Å². The van der Waals surface area contributed by atoms with E-state index in [1.54, 1.807) is 0 Å². The Morgan fingerprint density at radius 3 is 2.44 bits per heavy atom. The van der Waals surface area contributed by atoms with Crippen molar-refractivity contribution >= 4 is 29.9 Å². The van der Waals surface area contributed by atoms with Crippen LogP contribution in [0.1, 0.15) is 25.3 Å². The summed E-state index contributed by atoms with van der Waals surface area (Å²) in [4.78, 5) is 9.76. The van der Waals surface area contributed by atoms with Crippen molar-refractivity contribution in [1.82, 2.24) is 20.4 Å². The van der Waals surface area contributed by atoms with Crippen LogP contribution in [0.3, 0.4) is 0 Å². The average molecular weight is 485 g/mol. The summed E-state index contributed by atoms with van der Waals surface area (Å²) in [5, 5.41) is 6.50. The molecule has 0 atom stereocenters. The van der Waals surface area contributed by atoms with Gasteiger partial charge in [-0.25, -0.2) is 0 Å². The Morgan fingerprint density at radius 1 is 1.07 bits per heavy atom. The van der Waals surface area contributed by atoms with E-state index in [0.29, 0.717) is 0 Å². The van der Waals surface area contributed by atoms with Crippen LogP contribution in [-0.4, -0.2) is 68.1 Å². The molecule has 2 N–H and O–H groups in total. The first-order valence-corrected chi connectivity index (χ1v) is 9.93. The molecule has 1 saturated heterocycles. The fourth-order valence-electron chi connectivity index (χ4n) is 3.16. The second-order valence-corrected chi connectivity index (χ2v) is 6.74. The van der Waals surface area contributed by atoms with Crippen LogP contribution in [0.5, 0.6) is 0 Å². The Hall–Kier alpha value is -1.12. The molecule has 0 aromatic heterocycles. The highest BCUT2D eigenvalue weighted by atomic mass is 127. The molecule has 0 radical (unpaired) electrons. The zero-order valence-corrected chi connectivity index (χ0v) is 19.0. The Labute approximate surface area is 182 Å². The molecule has 1 fully saturated rings. The fraction of sp³-hybridized carbons (Fsp3) is 0.571. The van der Waals surface area contributed by atoms with Crippen molar-refractivity contribution in [3.63, 3.8) is 0 Å². The van der Waals surface area contributed by atoms with Crippen LogP contribution in [0.2, 0.25) is 0 Å². The molecule has 0 saturated carbocycles. The molecule has 0 amide bonds. The van der Waals surface area contributed by atoms with E-state index in [2.05, 4.69) is 69.3 Å². The summed E-state index contributed by atoms with van der Waals surface area (Å²) in [6.45, 7) is 15.3. The first-order valence-electron chi connectivity index (χ1n) is 9.93. The summed E-state index contributed by atoms with van der Waals surface area (Å²) in [6, 6.07) is 10.8. The lowest BCUT2D eigenvalue weighted by Crippen LogP contribution is -2.46. The number of rotatable bonds is 10. The third-order valence-corrected chi connectivity index (χ3v) is 4.62. The van der Waals surface area contributed by atoms with Crippen LogP contribution in [0.15, 0.2) is 48.0 Å². The van der Waals surface area contributed by atoms with Gasteiger partial charge >= 0.3 is 0 Å². The number of aliphatic imine (C=N–C) groups is 1. The number of guanidine groups is 1. The maximum atomic E-state index is 4.61. The van der Waals surface area contributed by atoms with Gasteiger partial charge in [-0.15, -0.1) is 30.6 Å². The normalized spacial score (nSPS) is 15.8. The number of piperazine rings is 1. The third kappa shape index (κ3) is 10.1. The van der Waals surface area contributed by atoms with E-state index in [0.717, 1.165) is 38.6 Å². The van der Waals surface area contributed by atoms with Crippen molar-refractivity contribution in [2.45, 2.75) is 26.3 Å². The first-order chi connectivity index (χ1) is 12.8. The Bertz CT molecular complexity index is 527. The van der Waals surface area contributed by atoms with Gasteiger partial charge < -0.3 is 15.5 Å². The third-order valence-electron chi connectivity index (χ3n) is 4.62. The molecule has 2 rings (SSSR count). The van der Waals surface area contributed by atoms with Gasteiger partial charge in [0.2, 0.25) is 0 Å². The van der Waals surface area contributed by atoms with E-state index in [1.165, 1.54) is 44.7 Å². The van der Waals surface area contributed by atoms with Crippen molar-refractivity contribution in [3.05, 3.63) is 48.6 Å². The topological polar surface area (TPSA) is 42.9 Å². The minimum atomic E-state index is 0. The molecule has 6 heteroatoms. The number of hydrogen-bond donors (Lipinski definition) is 2. The number of benzene rings is 1. The van der Waals surface area contributed by atoms with Gasteiger partial charge in [-0.3, -0.25) is 9.89 Å². The summed E-state index contributed by atoms with van der Waals surface area (Å²) in [5.74, 6) is 0.891. The van der Waals surface area contributed by atoms with Gasteiger partial charge in [-0.1, -0.05) is 36.4 Å². The van der Waals surface area contributed by atoms with Gasteiger partial charge in [-0.2, -0.15) is 0 Å². The zero-order chi connectivity index (χ0) is 18.5. The molecule has 1 aromatic rings. The van der Waals surface area contributed by atoms with Crippen molar-refractivity contribution < 1.29 is 0 Å². The summed E-state index contributed by atoms with van der Waals surface area (Å²) in [7, 11) is 0. The van der Waals surface area contributed by atoms with E-state index in [-0.39, 0.29) is 24.0 Å². The number of unbranched alkanes of at least 4 members (excludes halogenated alkanes) is 1. The van der Waals surface area contributed by atoms with Crippen LogP contribution < -0.4 is 10.6 Å². The SMILES string of the molecule is C=CCNC(=NCCCCN1CCN(Cc2ccccc2)CC1)NCC.I. The molecule has 1 aliphatic rings. The zero-order valence-electron chi connectivity index (χ0n) is 16.7. The molecule has 0 aliphatic carbocycles. The van der Waals surface area contributed by atoms with Crippen LogP contribution in [0.4, 0.5) is 0 Å². The fourth-order valence-corrected chi connectivity index (χ4v) is 3.16. The molecule has 1 aromatic carbocycles. The van der Waals surface area contributed by atoms with Crippen LogP contribution in [0.25, 0.3) is 0 Å².